The highest BCUT2D eigenvalue weighted by atomic mass is 19.4. The van der Waals surface area contributed by atoms with Gasteiger partial charge in [-0.1, -0.05) is 60.7 Å². The van der Waals surface area contributed by atoms with Gasteiger partial charge in [-0.05, 0) is 82.2 Å². The number of fused-ring (bicyclic) bond motifs is 6. The summed E-state index contributed by atoms with van der Waals surface area (Å²) in [7, 11) is 0. The first-order chi connectivity index (χ1) is 24.0. The number of anilines is 6. The maximum Gasteiger partial charge on any atom is 0.416 e. The van der Waals surface area contributed by atoms with Gasteiger partial charge < -0.3 is 0 Å². The van der Waals surface area contributed by atoms with E-state index in [1.807, 2.05) is 78.9 Å². The molecule has 1 aliphatic rings. The van der Waals surface area contributed by atoms with Crippen LogP contribution in [0.25, 0.3) is 43.6 Å². The van der Waals surface area contributed by atoms with Crippen molar-refractivity contribution in [2.24, 2.45) is 0 Å². The fraction of sp³-hybridized carbons (Fsp3) is 0.0526. The topological polar surface area (TPSA) is 58.0 Å². The summed E-state index contributed by atoms with van der Waals surface area (Å²) in [4.78, 5) is 22.6. The molecule has 1 aliphatic heterocycles. The van der Waals surface area contributed by atoms with E-state index in [-0.39, 0.29) is 45.3 Å². The van der Waals surface area contributed by atoms with Gasteiger partial charge in [0.1, 0.15) is 0 Å². The molecule has 2 aromatic heterocycles. The van der Waals surface area contributed by atoms with E-state index < -0.39 is 23.5 Å². The molecule has 8 aromatic rings. The smallest absolute Gasteiger partial charge is 0.273 e. The second-order valence-electron chi connectivity index (χ2n) is 11.9. The van der Waals surface area contributed by atoms with Gasteiger partial charge in [-0.2, -0.15) is 26.3 Å². The fourth-order valence-electron chi connectivity index (χ4n) is 6.35. The highest BCUT2D eigenvalue weighted by molar-refractivity contribution is 6.02. The average molecular weight is 675 g/mol. The molecule has 0 aliphatic carbocycles. The third-order valence-electron chi connectivity index (χ3n) is 8.74. The van der Waals surface area contributed by atoms with Crippen LogP contribution in [0.1, 0.15) is 11.1 Å². The molecule has 0 bridgehead atoms. The predicted molar refractivity (Wildman–Crippen MR) is 181 cm³/mol. The number of benzene rings is 6. The molecule has 6 aromatic carbocycles. The van der Waals surface area contributed by atoms with E-state index in [9.17, 15) is 26.3 Å². The van der Waals surface area contributed by atoms with Crippen LogP contribution in [0.5, 0.6) is 0 Å². The van der Waals surface area contributed by atoms with Crippen molar-refractivity contribution in [3.05, 3.63) is 132 Å². The zero-order valence-electron chi connectivity index (χ0n) is 25.5. The molecule has 0 saturated carbocycles. The number of alkyl halides is 6. The lowest BCUT2D eigenvalue weighted by atomic mass is 10.1. The van der Waals surface area contributed by atoms with Crippen LogP contribution in [0, 0.1) is 0 Å². The van der Waals surface area contributed by atoms with E-state index in [1.54, 1.807) is 15.9 Å². The van der Waals surface area contributed by atoms with Gasteiger partial charge in [0.25, 0.3) is 0 Å². The van der Waals surface area contributed by atoms with Gasteiger partial charge in [0.05, 0.1) is 33.2 Å². The predicted octanol–water partition coefficient (Wildman–Crippen LogP) is 11.2. The van der Waals surface area contributed by atoms with Gasteiger partial charge in [-0.3, -0.25) is 9.80 Å². The lowest BCUT2D eigenvalue weighted by Crippen LogP contribution is -2.28. The van der Waals surface area contributed by atoms with Crippen LogP contribution in [0.3, 0.4) is 0 Å². The van der Waals surface area contributed by atoms with Gasteiger partial charge in [-0.15, -0.1) is 0 Å². The molecular weight excluding hydrogens is 654 g/mol. The molecule has 244 valence electrons. The van der Waals surface area contributed by atoms with Crippen LogP contribution >= 0.6 is 0 Å². The first kappa shape index (κ1) is 29.8. The molecule has 9 rings (SSSR count). The Hall–Kier alpha value is -6.30. The SMILES string of the molecule is FC(F)(F)c1ccc2nc3c(nc2c1)N(c1ccc2ccccc2c1)c1nc2cc(C(F)(F)F)ccc2nc1N3c1ccc2ccccc2c1. The maximum atomic E-state index is 13.9. The fourth-order valence-corrected chi connectivity index (χ4v) is 6.35. The maximum absolute atomic E-state index is 13.9. The number of hydrogen-bond donors (Lipinski definition) is 0. The van der Waals surface area contributed by atoms with E-state index in [1.165, 1.54) is 12.1 Å². The van der Waals surface area contributed by atoms with Crippen LogP contribution in [-0.2, 0) is 12.4 Å². The molecule has 3 heterocycles. The first-order valence-electron chi connectivity index (χ1n) is 15.4. The van der Waals surface area contributed by atoms with Crippen LogP contribution in [0.2, 0.25) is 0 Å². The standard InChI is InChI=1S/C38H20F6N6/c39-37(40,41)25-11-15-29-31(19-25)47-35-33(45-29)49(27-13-9-21-5-1-3-7-23(21)17-27)34-36(48-32-20-26(38(42,43)44)12-16-30(32)46-34)50(35)28-14-10-22-6-2-4-8-24(22)18-28/h1-20H. The average Bonchev–Trinajstić information content (AvgIpc) is 3.10. The highest BCUT2D eigenvalue weighted by Gasteiger charge is 2.38. The quantitative estimate of drug-likeness (QED) is 0.170. The summed E-state index contributed by atoms with van der Waals surface area (Å²) in [6.45, 7) is 0. The number of rotatable bonds is 2. The third kappa shape index (κ3) is 4.82. The zero-order chi connectivity index (χ0) is 34.4. The minimum Gasteiger partial charge on any atom is -0.273 e. The van der Waals surface area contributed by atoms with Gasteiger partial charge >= 0.3 is 12.4 Å². The molecule has 0 radical (unpaired) electrons. The lowest BCUT2D eigenvalue weighted by molar-refractivity contribution is -0.138. The molecular formula is C38H20F6N6. The lowest BCUT2D eigenvalue weighted by Gasteiger charge is -2.37. The molecule has 0 amide bonds. The molecule has 12 heteroatoms. The van der Waals surface area contributed by atoms with Crippen LogP contribution in [0.4, 0.5) is 61.0 Å². The first-order valence-corrected chi connectivity index (χ1v) is 15.4. The summed E-state index contributed by atoms with van der Waals surface area (Å²) in [6, 6.07) is 32.7. The minimum atomic E-state index is -4.63. The normalized spacial score (nSPS) is 13.3. The Morgan fingerprint density at radius 1 is 0.360 bits per heavy atom. The van der Waals surface area contributed by atoms with E-state index in [0.29, 0.717) is 11.4 Å². The van der Waals surface area contributed by atoms with Gasteiger partial charge in [-0.25, -0.2) is 19.9 Å². The van der Waals surface area contributed by atoms with Crippen molar-refractivity contribution in [1.29, 1.82) is 0 Å². The largest absolute Gasteiger partial charge is 0.416 e. The summed E-state index contributed by atoms with van der Waals surface area (Å²) in [6.07, 6.45) is -9.26. The monoisotopic (exact) mass is 674 g/mol. The van der Waals surface area contributed by atoms with Crippen LogP contribution in [0.15, 0.2) is 121 Å². The van der Waals surface area contributed by atoms with Gasteiger partial charge in [0.2, 0.25) is 0 Å². The molecule has 0 saturated heterocycles. The van der Waals surface area contributed by atoms with Crippen molar-refractivity contribution in [3.63, 3.8) is 0 Å². The molecule has 50 heavy (non-hydrogen) atoms. The molecule has 0 atom stereocenters. The van der Waals surface area contributed by atoms with Gasteiger partial charge in [0.15, 0.2) is 23.3 Å². The Morgan fingerprint density at radius 3 is 1.10 bits per heavy atom. The highest BCUT2D eigenvalue weighted by Crippen LogP contribution is 2.52. The van der Waals surface area contributed by atoms with Crippen molar-refractivity contribution in [1.82, 2.24) is 19.9 Å². The Labute approximate surface area is 278 Å². The number of nitrogens with zero attached hydrogens (tertiary/aromatic N) is 6. The van der Waals surface area contributed by atoms with E-state index >= 15 is 0 Å². The Balaban J connectivity index is 1.39. The summed E-state index contributed by atoms with van der Waals surface area (Å²) < 4.78 is 83.1. The summed E-state index contributed by atoms with van der Waals surface area (Å²) in [5, 5.41) is 3.61. The van der Waals surface area contributed by atoms with E-state index in [0.717, 1.165) is 45.8 Å². The van der Waals surface area contributed by atoms with Crippen molar-refractivity contribution in [2.45, 2.75) is 12.4 Å². The van der Waals surface area contributed by atoms with Crippen LogP contribution in [-0.4, -0.2) is 19.9 Å². The number of halogens is 6. The Kier molecular flexibility index (Phi) is 6.32. The minimum absolute atomic E-state index is 0.0284. The molecule has 0 unspecified atom stereocenters. The summed E-state index contributed by atoms with van der Waals surface area (Å²) in [5.41, 5.74) is -0.356. The number of aromatic nitrogens is 4. The van der Waals surface area contributed by atoms with Gasteiger partial charge in [0, 0.05) is 11.4 Å². The second-order valence-corrected chi connectivity index (χ2v) is 11.9. The summed E-state index contributed by atoms with van der Waals surface area (Å²) >= 11 is 0. The zero-order valence-corrected chi connectivity index (χ0v) is 25.5. The van der Waals surface area contributed by atoms with E-state index in [2.05, 4.69) is 0 Å². The third-order valence-corrected chi connectivity index (χ3v) is 8.74. The molecule has 0 fully saturated rings. The summed E-state index contributed by atoms with van der Waals surface area (Å²) in [5.74, 6) is 0.726. The second kappa shape index (κ2) is 10.6. The van der Waals surface area contributed by atoms with Crippen molar-refractivity contribution >= 4 is 78.3 Å². The Bertz CT molecular complexity index is 2570. The molecule has 0 spiro atoms. The van der Waals surface area contributed by atoms with Crippen molar-refractivity contribution < 1.29 is 26.3 Å². The molecule has 6 nitrogen and oxygen atoms in total. The molecule has 0 N–H and O–H groups in total. The van der Waals surface area contributed by atoms with Crippen molar-refractivity contribution in [2.75, 3.05) is 9.80 Å². The van der Waals surface area contributed by atoms with Crippen LogP contribution < -0.4 is 9.80 Å². The van der Waals surface area contributed by atoms with E-state index in [4.69, 9.17) is 19.9 Å². The Morgan fingerprint density at radius 2 is 0.720 bits per heavy atom. The van der Waals surface area contributed by atoms with Crippen molar-refractivity contribution in [3.8, 4) is 0 Å². The number of hydrogen-bond acceptors (Lipinski definition) is 6.